The lowest BCUT2D eigenvalue weighted by atomic mass is 9.90. The number of aldehydes is 1. The van der Waals surface area contributed by atoms with E-state index in [-0.39, 0.29) is 5.54 Å². The zero-order valence-corrected chi connectivity index (χ0v) is 7.02. The van der Waals surface area contributed by atoms with E-state index in [0.29, 0.717) is 0 Å². The van der Waals surface area contributed by atoms with Crippen LogP contribution >= 0.6 is 0 Å². The molecular formula is C8H16N2O. The van der Waals surface area contributed by atoms with Crippen molar-refractivity contribution in [3.05, 3.63) is 0 Å². The van der Waals surface area contributed by atoms with Gasteiger partial charge in [0.25, 0.3) is 0 Å². The van der Waals surface area contributed by atoms with Gasteiger partial charge in [0.15, 0.2) is 0 Å². The van der Waals surface area contributed by atoms with Crippen molar-refractivity contribution >= 4 is 6.29 Å². The summed E-state index contributed by atoms with van der Waals surface area (Å²) in [5, 5.41) is 6.47. The summed E-state index contributed by atoms with van der Waals surface area (Å²) in [6, 6.07) is 0. The first-order valence-electron chi connectivity index (χ1n) is 4.25. The van der Waals surface area contributed by atoms with Crippen molar-refractivity contribution in [2.24, 2.45) is 0 Å². The molecule has 2 N–H and O–H groups in total. The predicted octanol–water partition coefficient (Wildman–Crippen LogP) is -0.0830. The molecule has 0 radical (unpaired) electrons. The van der Waals surface area contributed by atoms with Crippen LogP contribution in [0.25, 0.3) is 0 Å². The Hall–Kier alpha value is -0.410. The van der Waals surface area contributed by atoms with Crippen molar-refractivity contribution in [3.8, 4) is 0 Å². The Morgan fingerprint density at radius 3 is 2.64 bits per heavy atom. The van der Waals surface area contributed by atoms with Crippen LogP contribution in [0, 0.1) is 0 Å². The molecule has 11 heavy (non-hydrogen) atoms. The van der Waals surface area contributed by atoms with Gasteiger partial charge in [0.05, 0.1) is 5.54 Å². The Balaban J connectivity index is 2.49. The van der Waals surface area contributed by atoms with Crippen LogP contribution in [0.4, 0.5) is 0 Å². The second-order valence-corrected chi connectivity index (χ2v) is 3.05. The summed E-state index contributed by atoms with van der Waals surface area (Å²) in [6.45, 7) is 4.81. The third-order valence-electron chi connectivity index (χ3n) is 2.25. The van der Waals surface area contributed by atoms with Crippen molar-refractivity contribution < 1.29 is 4.79 Å². The molecule has 0 spiro atoms. The van der Waals surface area contributed by atoms with Crippen LogP contribution in [0.15, 0.2) is 0 Å². The number of likely N-dealkylation sites (N-methyl/N-ethyl adjacent to an activating group) is 1. The highest BCUT2D eigenvalue weighted by atomic mass is 16.1. The number of carbonyl (C=O) groups is 1. The van der Waals surface area contributed by atoms with Gasteiger partial charge in [-0.1, -0.05) is 6.92 Å². The zero-order valence-electron chi connectivity index (χ0n) is 7.02. The number of hydrogen-bond donors (Lipinski definition) is 2. The largest absolute Gasteiger partial charge is 0.317 e. The van der Waals surface area contributed by atoms with E-state index in [1.54, 1.807) is 0 Å². The van der Waals surface area contributed by atoms with E-state index in [4.69, 9.17) is 0 Å². The Labute approximate surface area is 67.5 Å². The molecule has 0 aromatic carbocycles. The molecule has 0 bridgehead atoms. The van der Waals surface area contributed by atoms with Crippen LogP contribution in [0.3, 0.4) is 0 Å². The number of piperidine rings is 1. The molecule has 1 saturated heterocycles. The summed E-state index contributed by atoms with van der Waals surface area (Å²) in [7, 11) is 0. The molecule has 0 aromatic heterocycles. The van der Waals surface area contributed by atoms with Gasteiger partial charge in [0.2, 0.25) is 0 Å². The first-order chi connectivity index (χ1) is 5.33. The number of carbonyl (C=O) groups excluding carboxylic acids is 1. The molecule has 3 heteroatoms. The van der Waals surface area contributed by atoms with Gasteiger partial charge >= 0.3 is 0 Å². The van der Waals surface area contributed by atoms with Crippen LogP contribution in [-0.4, -0.2) is 31.5 Å². The zero-order chi connectivity index (χ0) is 8.16. The minimum atomic E-state index is -0.222. The van der Waals surface area contributed by atoms with Gasteiger partial charge < -0.3 is 15.4 Å². The summed E-state index contributed by atoms with van der Waals surface area (Å²) >= 11 is 0. The summed E-state index contributed by atoms with van der Waals surface area (Å²) < 4.78 is 0. The van der Waals surface area contributed by atoms with Gasteiger partial charge in [0, 0.05) is 0 Å². The third kappa shape index (κ3) is 2.01. The fourth-order valence-corrected chi connectivity index (χ4v) is 1.56. The highest BCUT2D eigenvalue weighted by Crippen LogP contribution is 2.14. The van der Waals surface area contributed by atoms with E-state index in [1.165, 1.54) is 0 Å². The normalized spacial score (nSPS) is 23.0. The maximum Gasteiger partial charge on any atom is 0.140 e. The maximum atomic E-state index is 10.8. The van der Waals surface area contributed by atoms with E-state index in [9.17, 15) is 4.79 Å². The molecule has 1 aliphatic rings. The van der Waals surface area contributed by atoms with Crippen molar-refractivity contribution in [1.29, 1.82) is 0 Å². The molecule has 0 aliphatic carbocycles. The topological polar surface area (TPSA) is 41.1 Å². The Bertz CT molecular complexity index is 125. The molecule has 0 amide bonds. The van der Waals surface area contributed by atoms with Crippen LogP contribution in [-0.2, 0) is 4.79 Å². The Morgan fingerprint density at radius 1 is 1.55 bits per heavy atom. The third-order valence-corrected chi connectivity index (χ3v) is 2.25. The number of hydrogen-bond acceptors (Lipinski definition) is 3. The lowest BCUT2D eigenvalue weighted by molar-refractivity contribution is -0.114. The van der Waals surface area contributed by atoms with Crippen LogP contribution in [0.2, 0.25) is 0 Å². The first kappa shape index (κ1) is 8.68. The van der Waals surface area contributed by atoms with Gasteiger partial charge in [-0.2, -0.15) is 0 Å². The molecule has 0 unspecified atom stereocenters. The van der Waals surface area contributed by atoms with E-state index in [0.717, 1.165) is 38.8 Å². The van der Waals surface area contributed by atoms with Crippen LogP contribution < -0.4 is 10.6 Å². The second-order valence-electron chi connectivity index (χ2n) is 3.05. The maximum absolute atomic E-state index is 10.8. The molecule has 3 nitrogen and oxygen atoms in total. The van der Waals surface area contributed by atoms with E-state index in [2.05, 4.69) is 10.6 Å². The minimum absolute atomic E-state index is 0.222. The van der Waals surface area contributed by atoms with Crippen LogP contribution in [0.1, 0.15) is 19.8 Å². The van der Waals surface area contributed by atoms with Crippen molar-refractivity contribution in [2.45, 2.75) is 25.3 Å². The fraction of sp³-hybridized carbons (Fsp3) is 0.875. The summed E-state index contributed by atoms with van der Waals surface area (Å²) in [5.41, 5.74) is -0.222. The fourth-order valence-electron chi connectivity index (χ4n) is 1.56. The molecule has 1 aliphatic heterocycles. The molecule has 0 atom stereocenters. The number of rotatable bonds is 3. The molecule has 1 rings (SSSR count). The molecule has 1 fully saturated rings. The SMILES string of the molecule is CCNC1(C=O)CCNCC1. The highest BCUT2D eigenvalue weighted by Gasteiger charge is 2.29. The summed E-state index contributed by atoms with van der Waals surface area (Å²) in [6.07, 6.45) is 2.91. The second kappa shape index (κ2) is 3.83. The minimum Gasteiger partial charge on any atom is -0.317 e. The lowest BCUT2D eigenvalue weighted by Crippen LogP contribution is -2.53. The average Bonchev–Trinajstić information content (AvgIpc) is 2.07. The van der Waals surface area contributed by atoms with E-state index in [1.807, 2.05) is 6.92 Å². The average molecular weight is 156 g/mol. The molecule has 0 aromatic rings. The van der Waals surface area contributed by atoms with Gasteiger partial charge in [0.1, 0.15) is 6.29 Å². The summed E-state index contributed by atoms with van der Waals surface area (Å²) in [4.78, 5) is 10.8. The van der Waals surface area contributed by atoms with Crippen molar-refractivity contribution in [3.63, 3.8) is 0 Å². The van der Waals surface area contributed by atoms with Crippen molar-refractivity contribution in [1.82, 2.24) is 10.6 Å². The molecule has 64 valence electrons. The van der Waals surface area contributed by atoms with E-state index >= 15 is 0 Å². The van der Waals surface area contributed by atoms with Gasteiger partial charge in [-0.25, -0.2) is 0 Å². The molecule has 1 heterocycles. The number of nitrogens with one attached hydrogen (secondary N) is 2. The van der Waals surface area contributed by atoms with E-state index < -0.39 is 0 Å². The van der Waals surface area contributed by atoms with Gasteiger partial charge in [-0.15, -0.1) is 0 Å². The Kier molecular flexibility index (Phi) is 3.02. The first-order valence-corrected chi connectivity index (χ1v) is 4.25. The smallest absolute Gasteiger partial charge is 0.140 e. The molecule has 0 saturated carbocycles. The highest BCUT2D eigenvalue weighted by molar-refractivity contribution is 5.64. The molecular weight excluding hydrogens is 140 g/mol. The quantitative estimate of drug-likeness (QED) is 0.561. The van der Waals surface area contributed by atoms with Gasteiger partial charge in [-0.3, -0.25) is 0 Å². The summed E-state index contributed by atoms with van der Waals surface area (Å²) in [5.74, 6) is 0. The van der Waals surface area contributed by atoms with Crippen LogP contribution in [0.5, 0.6) is 0 Å². The monoisotopic (exact) mass is 156 g/mol. The van der Waals surface area contributed by atoms with Crippen molar-refractivity contribution in [2.75, 3.05) is 19.6 Å². The predicted molar refractivity (Wildman–Crippen MR) is 44.6 cm³/mol. The standard InChI is InChI=1S/C8H16N2O/c1-2-10-8(7-11)3-5-9-6-4-8/h7,9-10H,2-6H2,1H3. The Morgan fingerprint density at radius 2 is 2.18 bits per heavy atom. The van der Waals surface area contributed by atoms with Gasteiger partial charge in [-0.05, 0) is 32.5 Å². The lowest BCUT2D eigenvalue weighted by Gasteiger charge is -2.33.